The maximum Gasteiger partial charge on any atom is 0.272 e. The first-order valence-corrected chi connectivity index (χ1v) is 6.24. The Morgan fingerprint density at radius 3 is 2.56 bits per heavy atom. The maximum absolute atomic E-state index is 12.2. The van der Waals surface area contributed by atoms with Crippen molar-refractivity contribution in [3.8, 4) is 0 Å². The van der Waals surface area contributed by atoms with Crippen molar-refractivity contribution in [1.29, 1.82) is 0 Å². The number of amides is 1. The molecular weight excluding hydrogens is 228 g/mol. The van der Waals surface area contributed by atoms with Gasteiger partial charge in [-0.1, -0.05) is 13.8 Å². The third kappa shape index (κ3) is 2.79. The summed E-state index contributed by atoms with van der Waals surface area (Å²) in [6.45, 7) is 6.11. The van der Waals surface area contributed by atoms with Crippen LogP contribution in [0, 0.1) is 5.41 Å². The smallest absolute Gasteiger partial charge is 0.272 e. The van der Waals surface area contributed by atoms with Gasteiger partial charge in [0.15, 0.2) is 0 Å². The normalized spacial score (nSPS) is 18.5. The molecule has 0 atom stereocenters. The molecule has 0 aromatic carbocycles. The molecule has 1 aromatic rings. The van der Waals surface area contributed by atoms with E-state index in [-0.39, 0.29) is 5.91 Å². The Morgan fingerprint density at radius 2 is 2.06 bits per heavy atom. The quantitative estimate of drug-likeness (QED) is 0.616. The number of hydrazine groups is 1. The summed E-state index contributed by atoms with van der Waals surface area (Å²) in [5, 5.41) is 0. The molecule has 1 amide bonds. The highest BCUT2D eigenvalue weighted by atomic mass is 16.2. The fourth-order valence-corrected chi connectivity index (χ4v) is 2.08. The lowest BCUT2D eigenvalue weighted by atomic mass is 9.82. The van der Waals surface area contributed by atoms with Gasteiger partial charge in [-0.2, -0.15) is 0 Å². The fourth-order valence-electron chi connectivity index (χ4n) is 2.08. The Hall–Kier alpha value is -1.62. The summed E-state index contributed by atoms with van der Waals surface area (Å²) < 4.78 is 0. The molecule has 1 aliphatic rings. The molecule has 2 heterocycles. The molecule has 0 radical (unpaired) electrons. The van der Waals surface area contributed by atoms with Gasteiger partial charge in [-0.25, -0.2) is 4.98 Å². The highest BCUT2D eigenvalue weighted by Crippen LogP contribution is 2.30. The van der Waals surface area contributed by atoms with Crippen molar-refractivity contribution in [2.45, 2.75) is 26.7 Å². The lowest BCUT2D eigenvalue weighted by Gasteiger charge is -2.36. The zero-order valence-electron chi connectivity index (χ0n) is 10.9. The number of carbonyl (C=O) groups is 1. The Balaban J connectivity index is 2.03. The molecular formula is C13H20N4O. The number of piperidine rings is 1. The standard InChI is InChI=1S/C13H20N4O/c1-13(2)5-7-17(8-6-13)12(18)11-4-3-10(16-14)9-15-11/h3-4,9,16H,5-8,14H2,1-2H3. The van der Waals surface area contributed by atoms with Gasteiger partial charge in [-0.05, 0) is 30.4 Å². The van der Waals surface area contributed by atoms with Crippen LogP contribution >= 0.6 is 0 Å². The molecule has 3 N–H and O–H groups in total. The van der Waals surface area contributed by atoms with E-state index >= 15 is 0 Å². The minimum atomic E-state index is 0.00840. The lowest BCUT2D eigenvalue weighted by molar-refractivity contribution is 0.0624. The van der Waals surface area contributed by atoms with Crippen LogP contribution in [0.15, 0.2) is 18.3 Å². The van der Waals surface area contributed by atoms with Crippen LogP contribution in [0.25, 0.3) is 0 Å². The number of nitrogens with zero attached hydrogens (tertiary/aromatic N) is 2. The molecule has 1 saturated heterocycles. The molecule has 1 aliphatic heterocycles. The summed E-state index contributed by atoms with van der Waals surface area (Å²) in [6, 6.07) is 3.46. The van der Waals surface area contributed by atoms with E-state index in [0.29, 0.717) is 16.8 Å². The van der Waals surface area contributed by atoms with Gasteiger partial charge >= 0.3 is 0 Å². The van der Waals surface area contributed by atoms with Crippen LogP contribution in [0.1, 0.15) is 37.2 Å². The molecule has 0 saturated carbocycles. The second kappa shape index (κ2) is 4.94. The topological polar surface area (TPSA) is 71.2 Å². The van der Waals surface area contributed by atoms with Gasteiger partial charge in [0.1, 0.15) is 5.69 Å². The number of hydrogen-bond donors (Lipinski definition) is 2. The molecule has 1 fully saturated rings. The van der Waals surface area contributed by atoms with E-state index in [1.807, 2.05) is 4.90 Å². The van der Waals surface area contributed by atoms with E-state index in [1.165, 1.54) is 0 Å². The molecule has 5 nitrogen and oxygen atoms in total. The number of nitrogens with two attached hydrogens (primary N) is 1. The first kappa shape index (κ1) is 12.8. The predicted octanol–water partition coefficient (Wildman–Crippen LogP) is 1.63. The van der Waals surface area contributed by atoms with Crippen molar-refractivity contribution in [1.82, 2.24) is 9.88 Å². The van der Waals surface area contributed by atoms with E-state index in [9.17, 15) is 4.79 Å². The number of pyridine rings is 1. The van der Waals surface area contributed by atoms with Gasteiger partial charge in [0.25, 0.3) is 5.91 Å². The molecule has 5 heteroatoms. The SMILES string of the molecule is CC1(C)CCN(C(=O)c2ccc(NN)cn2)CC1. The van der Waals surface area contributed by atoms with Gasteiger partial charge in [-0.15, -0.1) is 0 Å². The fraction of sp³-hybridized carbons (Fsp3) is 0.538. The first-order valence-electron chi connectivity index (χ1n) is 6.24. The summed E-state index contributed by atoms with van der Waals surface area (Å²) >= 11 is 0. The van der Waals surface area contributed by atoms with Crippen molar-refractivity contribution in [3.05, 3.63) is 24.0 Å². The number of carbonyl (C=O) groups excluding carboxylic acids is 1. The van der Waals surface area contributed by atoms with Gasteiger partial charge in [0.05, 0.1) is 11.9 Å². The number of aromatic nitrogens is 1. The highest BCUT2D eigenvalue weighted by Gasteiger charge is 2.28. The van der Waals surface area contributed by atoms with Crippen molar-refractivity contribution in [3.63, 3.8) is 0 Å². The molecule has 0 spiro atoms. The summed E-state index contributed by atoms with van der Waals surface area (Å²) in [5.74, 6) is 5.27. The van der Waals surface area contributed by atoms with Crippen LogP contribution in [-0.4, -0.2) is 28.9 Å². The average Bonchev–Trinajstić information content (AvgIpc) is 2.38. The second-order valence-electron chi connectivity index (χ2n) is 5.53. The van der Waals surface area contributed by atoms with E-state index in [0.717, 1.165) is 25.9 Å². The summed E-state index contributed by atoms with van der Waals surface area (Å²) in [5.41, 5.74) is 4.02. The van der Waals surface area contributed by atoms with Crippen LogP contribution in [0.2, 0.25) is 0 Å². The van der Waals surface area contributed by atoms with Crippen LogP contribution in [-0.2, 0) is 0 Å². The number of hydrogen-bond acceptors (Lipinski definition) is 4. The minimum absolute atomic E-state index is 0.00840. The molecule has 18 heavy (non-hydrogen) atoms. The largest absolute Gasteiger partial charge is 0.337 e. The number of rotatable bonds is 2. The maximum atomic E-state index is 12.2. The molecule has 98 valence electrons. The first-order chi connectivity index (χ1) is 8.52. The van der Waals surface area contributed by atoms with Gasteiger partial charge in [-0.3, -0.25) is 10.6 Å². The summed E-state index contributed by atoms with van der Waals surface area (Å²) in [4.78, 5) is 18.2. The average molecular weight is 248 g/mol. The molecule has 1 aromatic heterocycles. The van der Waals surface area contributed by atoms with Crippen molar-refractivity contribution < 1.29 is 4.79 Å². The number of nitrogens with one attached hydrogen (secondary N) is 1. The van der Waals surface area contributed by atoms with E-state index < -0.39 is 0 Å². The van der Waals surface area contributed by atoms with Crippen LogP contribution in [0.4, 0.5) is 5.69 Å². The third-order valence-electron chi connectivity index (χ3n) is 3.55. The highest BCUT2D eigenvalue weighted by molar-refractivity contribution is 5.92. The van der Waals surface area contributed by atoms with Crippen LogP contribution in [0.3, 0.4) is 0 Å². The van der Waals surface area contributed by atoms with Gasteiger partial charge in [0, 0.05) is 13.1 Å². The van der Waals surface area contributed by atoms with Crippen LogP contribution in [0.5, 0.6) is 0 Å². The Labute approximate surface area is 107 Å². The Morgan fingerprint density at radius 1 is 1.39 bits per heavy atom. The number of likely N-dealkylation sites (tertiary alicyclic amines) is 1. The predicted molar refractivity (Wildman–Crippen MR) is 71.0 cm³/mol. The number of anilines is 1. The minimum Gasteiger partial charge on any atom is -0.337 e. The van der Waals surface area contributed by atoms with Crippen LogP contribution < -0.4 is 11.3 Å². The third-order valence-corrected chi connectivity index (χ3v) is 3.55. The van der Waals surface area contributed by atoms with Gasteiger partial charge < -0.3 is 10.3 Å². The molecule has 0 unspecified atom stereocenters. The molecule has 2 rings (SSSR count). The zero-order chi connectivity index (χ0) is 13.2. The summed E-state index contributed by atoms with van der Waals surface area (Å²) in [6.07, 6.45) is 3.66. The van der Waals surface area contributed by atoms with Crippen molar-refractivity contribution in [2.75, 3.05) is 18.5 Å². The van der Waals surface area contributed by atoms with E-state index in [4.69, 9.17) is 5.84 Å². The van der Waals surface area contributed by atoms with E-state index in [2.05, 4.69) is 24.3 Å². The molecule has 0 aliphatic carbocycles. The van der Waals surface area contributed by atoms with Gasteiger partial charge in [0.2, 0.25) is 0 Å². The Bertz CT molecular complexity index is 417. The zero-order valence-corrected chi connectivity index (χ0v) is 10.9. The van der Waals surface area contributed by atoms with E-state index in [1.54, 1.807) is 18.3 Å². The summed E-state index contributed by atoms with van der Waals surface area (Å²) in [7, 11) is 0. The monoisotopic (exact) mass is 248 g/mol. The molecule has 0 bridgehead atoms. The van der Waals surface area contributed by atoms with Crippen molar-refractivity contribution in [2.24, 2.45) is 11.3 Å². The number of nitrogen functional groups attached to an aromatic ring is 1. The van der Waals surface area contributed by atoms with Crippen molar-refractivity contribution >= 4 is 11.6 Å². The lowest BCUT2D eigenvalue weighted by Crippen LogP contribution is -2.41. The Kier molecular flexibility index (Phi) is 3.52. The second-order valence-corrected chi connectivity index (χ2v) is 5.53.